The maximum Gasteiger partial charge on any atom is 0.282 e. The van der Waals surface area contributed by atoms with Gasteiger partial charge in [-0.2, -0.15) is 0 Å². The molecule has 0 aliphatic carbocycles. The van der Waals surface area contributed by atoms with Gasteiger partial charge in [-0.3, -0.25) is 4.79 Å². The van der Waals surface area contributed by atoms with Crippen LogP contribution in [0.15, 0.2) is 42.5 Å². The summed E-state index contributed by atoms with van der Waals surface area (Å²) >= 11 is 0. The van der Waals surface area contributed by atoms with E-state index in [-0.39, 0.29) is 11.9 Å². The summed E-state index contributed by atoms with van der Waals surface area (Å²) in [7, 11) is 3.63. The molecule has 2 N–H and O–H groups in total. The van der Waals surface area contributed by atoms with Crippen LogP contribution in [0.3, 0.4) is 0 Å². The number of carbonyl (C=O) groups is 1. The highest BCUT2D eigenvalue weighted by Gasteiger charge is 2.23. The summed E-state index contributed by atoms with van der Waals surface area (Å²) in [6, 6.07) is 13.6. The molecule has 0 heterocycles. The van der Waals surface area contributed by atoms with Crippen molar-refractivity contribution in [3.63, 3.8) is 0 Å². The van der Waals surface area contributed by atoms with E-state index in [2.05, 4.69) is 5.32 Å². The van der Waals surface area contributed by atoms with Gasteiger partial charge in [0.1, 0.15) is 18.0 Å². The summed E-state index contributed by atoms with van der Waals surface area (Å²) in [5.74, 6) is 1.50. The monoisotopic (exact) mass is 357 g/mol. The van der Waals surface area contributed by atoms with Crippen LogP contribution in [-0.4, -0.2) is 32.7 Å². The van der Waals surface area contributed by atoms with Gasteiger partial charge in [-0.1, -0.05) is 6.07 Å². The number of hydrogen-bond donors (Lipinski definition) is 2. The van der Waals surface area contributed by atoms with Crippen LogP contribution in [0.2, 0.25) is 0 Å². The molecule has 2 aromatic rings. The minimum Gasteiger partial charge on any atom is -0.495 e. The van der Waals surface area contributed by atoms with Crippen molar-refractivity contribution < 1.29 is 19.2 Å². The number of aryl methyl sites for hydroxylation is 1. The summed E-state index contributed by atoms with van der Waals surface area (Å²) in [5.41, 5.74) is 2.95. The van der Waals surface area contributed by atoms with Crippen molar-refractivity contribution in [3.8, 4) is 11.5 Å². The van der Waals surface area contributed by atoms with Gasteiger partial charge in [0.15, 0.2) is 6.04 Å². The molecular formula is C21H29N2O3+. The van der Waals surface area contributed by atoms with Gasteiger partial charge in [-0.25, -0.2) is 0 Å². The number of quaternary nitrogens is 1. The number of ether oxygens (including phenoxy) is 2. The Hall–Kier alpha value is -2.53. The summed E-state index contributed by atoms with van der Waals surface area (Å²) in [6.07, 6.45) is 0. The Morgan fingerprint density at radius 1 is 1.19 bits per heavy atom. The van der Waals surface area contributed by atoms with Gasteiger partial charge >= 0.3 is 0 Å². The molecule has 0 fully saturated rings. The molecule has 0 aromatic heterocycles. The molecule has 0 aliphatic heterocycles. The number of hydrogen-bond acceptors (Lipinski definition) is 3. The third kappa shape index (κ3) is 5.23. The lowest BCUT2D eigenvalue weighted by molar-refractivity contribution is -0.907. The van der Waals surface area contributed by atoms with Gasteiger partial charge in [0, 0.05) is 5.56 Å². The molecule has 0 spiro atoms. The Morgan fingerprint density at radius 3 is 2.50 bits per heavy atom. The minimum absolute atomic E-state index is 0.0302. The molecule has 140 valence electrons. The average molecular weight is 357 g/mol. The molecule has 1 amide bonds. The van der Waals surface area contributed by atoms with Crippen molar-refractivity contribution in [1.29, 1.82) is 0 Å². The van der Waals surface area contributed by atoms with Crippen molar-refractivity contribution in [2.24, 2.45) is 0 Å². The summed E-state index contributed by atoms with van der Waals surface area (Å²) in [6.45, 7) is 7.30. The predicted octanol–water partition coefficient (Wildman–Crippen LogP) is 2.44. The average Bonchev–Trinajstić information content (AvgIpc) is 2.63. The zero-order valence-electron chi connectivity index (χ0n) is 16.3. The SMILES string of the molecule is CCOc1ccc(C[NH+](C)[C@@H](C)C(=O)Nc2cc(C)ccc2OC)cc1. The fourth-order valence-electron chi connectivity index (χ4n) is 2.73. The van der Waals surface area contributed by atoms with E-state index in [1.807, 2.05) is 70.3 Å². The van der Waals surface area contributed by atoms with Crippen molar-refractivity contribution in [1.82, 2.24) is 0 Å². The molecule has 5 heteroatoms. The van der Waals surface area contributed by atoms with E-state index in [0.717, 1.165) is 22.8 Å². The number of rotatable bonds is 8. The van der Waals surface area contributed by atoms with E-state index in [1.54, 1.807) is 7.11 Å². The lowest BCUT2D eigenvalue weighted by atomic mass is 10.1. The first-order valence-electron chi connectivity index (χ1n) is 8.94. The smallest absolute Gasteiger partial charge is 0.282 e. The second kappa shape index (κ2) is 9.25. The Balaban J connectivity index is 1.99. The molecule has 0 saturated carbocycles. The zero-order valence-corrected chi connectivity index (χ0v) is 16.3. The van der Waals surface area contributed by atoms with Crippen molar-refractivity contribution in [3.05, 3.63) is 53.6 Å². The van der Waals surface area contributed by atoms with Gasteiger partial charge in [0.2, 0.25) is 0 Å². The normalized spacial score (nSPS) is 13.0. The van der Waals surface area contributed by atoms with Crippen LogP contribution in [0.5, 0.6) is 11.5 Å². The van der Waals surface area contributed by atoms with E-state index in [4.69, 9.17) is 9.47 Å². The molecule has 1 unspecified atom stereocenters. The molecule has 2 rings (SSSR count). The quantitative estimate of drug-likeness (QED) is 0.763. The van der Waals surface area contributed by atoms with Gasteiger partial charge in [0.05, 0.1) is 26.5 Å². The third-order valence-electron chi connectivity index (χ3n) is 4.46. The molecule has 2 atom stereocenters. The Morgan fingerprint density at radius 2 is 1.88 bits per heavy atom. The van der Waals surface area contributed by atoms with Gasteiger partial charge < -0.3 is 19.7 Å². The number of amides is 1. The first-order chi connectivity index (χ1) is 12.4. The van der Waals surface area contributed by atoms with Crippen LogP contribution in [0.1, 0.15) is 25.0 Å². The number of methoxy groups -OCH3 is 1. The van der Waals surface area contributed by atoms with Crippen molar-refractivity contribution in [2.75, 3.05) is 26.1 Å². The fourth-order valence-corrected chi connectivity index (χ4v) is 2.73. The van der Waals surface area contributed by atoms with Crippen LogP contribution in [0.25, 0.3) is 0 Å². The number of anilines is 1. The Kier molecular flexibility index (Phi) is 7.04. The molecule has 0 bridgehead atoms. The Bertz CT molecular complexity index is 729. The highest BCUT2D eigenvalue weighted by Crippen LogP contribution is 2.25. The van der Waals surface area contributed by atoms with Gasteiger partial charge in [-0.05, 0) is 62.7 Å². The standard InChI is InChI=1S/C21H28N2O3/c1-6-26-18-10-8-17(9-11-18)14-23(4)16(3)21(24)22-19-13-15(2)7-12-20(19)25-5/h7-13,16H,6,14H2,1-5H3,(H,22,24)/p+1/t16-/m0/s1. The zero-order chi connectivity index (χ0) is 19.1. The number of nitrogens with one attached hydrogen (secondary N) is 2. The second-order valence-electron chi connectivity index (χ2n) is 6.51. The lowest BCUT2D eigenvalue weighted by Crippen LogP contribution is -3.12. The first-order valence-corrected chi connectivity index (χ1v) is 8.94. The molecule has 2 aromatic carbocycles. The van der Waals surface area contributed by atoms with Crippen LogP contribution in [0, 0.1) is 6.92 Å². The molecular weight excluding hydrogens is 328 g/mol. The molecule has 0 radical (unpaired) electrons. The van der Waals surface area contributed by atoms with Crippen molar-refractivity contribution in [2.45, 2.75) is 33.4 Å². The minimum atomic E-state index is -0.202. The molecule has 0 aliphatic rings. The predicted molar refractivity (Wildman–Crippen MR) is 104 cm³/mol. The van der Waals surface area contributed by atoms with Crippen molar-refractivity contribution >= 4 is 11.6 Å². The third-order valence-corrected chi connectivity index (χ3v) is 4.46. The highest BCUT2D eigenvalue weighted by atomic mass is 16.5. The van der Waals surface area contributed by atoms with Crippen LogP contribution in [0.4, 0.5) is 5.69 Å². The number of likely N-dealkylation sites (N-methyl/N-ethyl adjacent to an activating group) is 1. The number of benzene rings is 2. The van der Waals surface area contributed by atoms with Gasteiger partial charge in [-0.15, -0.1) is 0 Å². The highest BCUT2D eigenvalue weighted by molar-refractivity contribution is 5.95. The van der Waals surface area contributed by atoms with Crippen LogP contribution in [-0.2, 0) is 11.3 Å². The topological polar surface area (TPSA) is 52.0 Å². The number of carbonyl (C=O) groups excluding carboxylic acids is 1. The molecule has 26 heavy (non-hydrogen) atoms. The maximum atomic E-state index is 12.7. The van der Waals surface area contributed by atoms with E-state index >= 15 is 0 Å². The van der Waals surface area contributed by atoms with Gasteiger partial charge in [0.25, 0.3) is 5.91 Å². The summed E-state index contributed by atoms with van der Waals surface area (Å²) < 4.78 is 10.8. The van der Waals surface area contributed by atoms with E-state index in [1.165, 1.54) is 5.56 Å². The van der Waals surface area contributed by atoms with Crippen LogP contribution >= 0.6 is 0 Å². The van der Waals surface area contributed by atoms with E-state index in [0.29, 0.717) is 18.0 Å². The molecule has 5 nitrogen and oxygen atoms in total. The summed E-state index contributed by atoms with van der Waals surface area (Å²) in [4.78, 5) is 13.8. The van der Waals surface area contributed by atoms with Crippen LogP contribution < -0.4 is 19.7 Å². The summed E-state index contributed by atoms with van der Waals surface area (Å²) in [5, 5.41) is 2.99. The fraction of sp³-hybridized carbons (Fsp3) is 0.381. The molecule has 0 saturated heterocycles. The largest absolute Gasteiger partial charge is 0.495 e. The first kappa shape index (κ1) is 19.8. The van der Waals surface area contributed by atoms with E-state index < -0.39 is 0 Å². The van der Waals surface area contributed by atoms with E-state index in [9.17, 15) is 4.79 Å². The Labute approximate surface area is 155 Å². The lowest BCUT2D eigenvalue weighted by Gasteiger charge is -2.22. The second-order valence-corrected chi connectivity index (χ2v) is 6.51. The maximum absolute atomic E-state index is 12.7.